The van der Waals surface area contributed by atoms with Gasteiger partial charge >= 0.3 is 0 Å². The molecule has 0 unspecified atom stereocenters. The van der Waals surface area contributed by atoms with E-state index in [0.29, 0.717) is 5.92 Å². The van der Waals surface area contributed by atoms with Gasteiger partial charge in [-0.2, -0.15) is 0 Å². The predicted octanol–water partition coefficient (Wildman–Crippen LogP) is 13.9. The Balaban J connectivity index is 0.00000177. The van der Waals surface area contributed by atoms with Crippen LogP contribution in [0.2, 0.25) is 0 Å². The average molecular weight is 649 g/mol. The molecule has 9 rings (SSSR count). The van der Waals surface area contributed by atoms with Crippen LogP contribution in [0.1, 0.15) is 64.2 Å². The van der Waals surface area contributed by atoms with Crippen LogP contribution in [0.15, 0.2) is 152 Å². The van der Waals surface area contributed by atoms with E-state index in [2.05, 4.69) is 189 Å². The molecule has 0 atom stereocenters. The first-order chi connectivity index (χ1) is 24.4. The summed E-state index contributed by atoms with van der Waals surface area (Å²) in [6.45, 7) is 13.2. The molecule has 0 radical (unpaired) electrons. The summed E-state index contributed by atoms with van der Waals surface area (Å²) >= 11 is 0. The molecular weight excluding hydrogens is 605 g/mol. The highest BCUT2D eigenvalue weighted by atomic mass is 15.2. The van der Waals surface area contributed by atoms with Gasteiger partial charge in [-0.1, -0.05) is 145 Å². The smallest absolute Gasteiger partial charge is 0.0547 e. The SMILES string of the molecule is CC.CC(C)c1ccc(-n2c3cccc(-c4ccc5c(c4)N(c4ccccc4)c4ccccc4C5(C)C)c3c3c4ccccc4ccc32)cc1. The molecule has 2 nitrogen and oxygen atoms in total. The molecule has 2 heteroatoms. The van der Waals surface area contributed by atoms with Gasteiger partial charge in [-0.15, -0.1) is 0 Å². The number of rotatable bonds is 4. The van der Waals surface area contributed by atoms with E-state index < -0.39 is 0 Å². The fraction of sp³-hybridized carbons (Fsp3) is 0.167. The summed E-state index contributed by atoms with van der Waals surface area (Å²) in [4.78, 5) is 2.45. The normalized spacial score (nSPS) is 13.3. The van der Waals surface area contributed by atoms with Gasteiger partial charge in [0, 0.05) is 27.6 Å². The Bertz CT molecular complexity index is 2500. The highest BCUT2D eigenvalue weighted by molar-refractivity contribution is 6.25. The second-order valence-electron chi connectivity index (χ2n) is 14.0. The molecule has 0 N–H and O–H groups in total. The molecule has 8 aromatic rings. The van der Waals surface area contributed by atoms with Gasteiger partial charge in [-0.3, -0.25) is 0 Å². The van der Waals surface area contributed by atoms with Crippen LogP contribution in [0.4, 0.5) is 17.1 Å². The highest BCUT2D eigenvalue weighted by Gasteiger charge is 2.37. The van der Waals surface area contributed by atoms with E-state index in [0.717, 1.165) is 0 Å². The van der Waals surface area contributed by atoms with Crippen LogP contribution in [0.25, 0.3) is 49.4 Å². The van der Waals surface area contributed by atoms with Gasteiger partial charge in [0.2, 0.25) is 0 Å². The Morgan fingerprint density at radius 3 is 1.98 bits per heavy atom. The molecule has 0 aliphatic carbocycles. The number of anilines is 3. The fourth-order valence-electron chi connectivity index (χ4n) is 8.10. The van der Waals surface area contributed by atoms with E-state index in [4.69, 9.17) is 0 Å². The van der Waals surface area contributed by atoms with Crippen LogP contribution in [0.3, 0.4) is 0 Å². The highest BCUT2D eigenvalue weighted by Crippen LogP contribution is 2.53. The minimum atomic E-state index is -0.143. The summed E-state index contributed by atoms with van der Waals surface area (Å²) in [5, 5.41) is 5.13. The monoisotopic (exact) mass is 648 g/mol. The topological polar surface area (TPSA) is 8.17 Å². The van der Waals surface area contributed by atoms with Crippen molar-refractivity contribution >= 4 is 49.6 Å². The lowest BCUT2D eigenvalue weighted by atomic mass is 9.73. The number of fused-ring (bicyclic) bond motifs is 7. The number of para-hydroxylation sites is 2. The Morgan fingerprint density at radius 1 is 0.520 bits per heavy atom. The molecule has 0 amide bonds. The summed E-state index contributed by atoms with van der Waals surface area (Å²) in [5.41, 5.74) is 13.6. The summed E-state index contributed by atoms with van der Waals surface area (Å²) in [6, 6.07) is 56.2. The molecule has 1 aromatic heterocycles. The summed E-state index contributed by atoms with van der Waals surface area (Å²) in [7, 11) is 0. The zero-order chi connectivity index (χ0) is 34.6. The lowest BCUT2D eigenvalue weighted by Crippen LogP contribution is -2.30. The van der Waals surface area contributed by atoms with Gasteiger partial charge in [0.15, 0.2) is 0 Å². The van der Waals surface area contributed by atoms with Crippen molar-refractivity contribution in [3.63, 3.8) is 0 Å². The lowest BCUT2D eigenvalue weighted by Gasteiger charge is -2.42. The van der Waals surface area contributed by atoms with Crippen molar-refractivity contribution in [2.45, 2.75) is 52.9 Å². The van der Waals surface area contributed by atoms with Crippen molar-refractivity contribution in [2.24, 2.45) is 0 Å². The number of benzene rings is 7. The molecule has 246 valence electrons. The van der Waals surface area contributed by atoms with Gasteiger partial charge in [0.05, 0.1) is 22.4 Å². The van der Waals surface area contributed by atoms with E-state index >= 15 is 0 Å². The third-order valence-electron chi connectivity index (χ3n) is 10.6. The second kappa shape index (κ2) is 12.4. The van der Waals surface area contributed by atoms with E-state index in [-0.39, 0.29) is 5.41 Å². The maximum atomic E-state index is 2.46. The van der Waals surface area contributed by atoms with Gasteiger partial charge in [0.1, 0.15) is 0 Å². The molecule has 0 saturated heterocycles. The van der Waals surface area contributed by atoms with Crippen molar-refractivity contribution in [1.29, 1.82) is 0 Å². The molecule has 0 spiro atoms. The fourth-order valence-corrected chi connectivity index (χ4v) is 8.10. The van der Waals surface area contributed by atoms with E-state index in [1.54, 1.807) is 0 Å². The predicted molar refractivity (Wildman–Crippen MR) is 216 cm³/mol. The number of aromatic nitrogens is 1. The zero-order valence-corrected chi connectivity index (χ0v) is 29.9. The quantitative estimate of drug-likeness (QED) is 0.184. The minimum Gasteiger partial charge on any atom is -0.310 e. The van der Waals surface area contributed by atoms with Crippen molar-refractivity contribution in [3.05, 3.63) is 168 Å². The molecular formula is C48H44N2. The van der Waals surface area contributed by atoms with E-state index in [9.17, 15) is 0 Å². The first kappa shape index (κ1) is 31.7. The molecule has 50 heavy (non-hydrogen) atoms. The van der Waals surface area contributed by atoms with Crippen LogP contribution >= 0.6 is 0 Å². The number of nitrogens with zero attached hydrogens (tertiary/aromatic N) is 2. The van der Waals surface area contributed by atoms with Crippen LogP contribution in [0, 0.1) is 0 Å². The first-order valence-corrected chi connectivity index (χ1v) is 18.1. The lowest BCUT2D eigenvalue weighted by molar-refractivity contribution is 0.632. The Kier molecular flexibility index (Phi) is 7.84. The molecule has 0 fully saturated rings. The van der Waals surface area contributed by atoms with Gasteiger partial charge in [0.25, 0.3) is 0 Å². The molecule has 2 heterocycles. The molecule has 0 saturated carbocycles. The summed E-state index contributed by atoms with van der Waals surface area (Å²) in [5.74, 6) is 0.490. The molecule has 1 aliphatic heterocycles. The molecule has 0 bridgehead atoms. The molecule has 7 aromatic carbocycles. The van der Waals surface area contributed by atoms with Crippen LogP contribution in [-0.4, -0.2) is 4.57 Å². The Morgan fingerprint density at radius 2 is 1.20 bits per heavy atom. The maximum absolute atomic E-state index is 2.46. The van der Waals surface area contributed by atoms with Crippen LogP contribution in [-0.2, 0) is 5.41 Å². The number of hydrogen-bond acceptors (Lipinski definition) is 1. The minimum absolute atomic E-state index is 0.143. The van der Waals surface area contributed by atoms with Crippen molar-refractivity contribution < 1.29 is 0 Å². The number of hydrogen-bond donors (Lipinski definition) is 0. The van der Waals surface area contributed by atoms with Crippen molar-refractivity contribution in [2.75, 3.05) is 4.90 Å². The van der Waals surface area contributed by atoms with Crippen molar-refractivity contribution in [1.82, 2.24) is 4.57 Å². The first-order valence-electron chi connectivity index (χ1n) is 18.1. The van der Waals surface area contributed by atoms with Crippen LogP contribution in [0.5, 0.6) is 0 Å². The standard InChI is InChI=1S/C46H38N2.C2H6/c1-30(2)31-21-25-35(26-22-31)48-41-20-12-17-37(45(41)44-36-16-9-8-13-32(36)24-28-42(44)48)33-23-27-39-43(29-33)47(34-14-6-5-7-15-34)40-19-11-10-18-38(40)46(39,3)4;1-2/h5-30H,1-4H3;1-2H3. The third-order valence-corrected chi connectivity index (χ3v) is 10.6. The molecule has 1 aliphatic rings. The maximum Gasteiger partial charge on any atom is 0.0547 e. The van der Waals surface area contributed by atoms with E-state index in [1.807, 2.05) is 13.8 Å². The van der Waals surface area contributed by atoms with E-state index in [1.165, 1.54) is 83.1 Å². The summed E-state index contributed by atoms with van der Waals surface area (Å²) < 4.78 is 2.46. The zero-order valence-electron chi connectivity index (χ0n) is 29.9. The summed E-state index contributed by atoms with van der Waals surface area (Å²) in [6.07, 6.45) is 0. The largest absolute Gasteiger partial charge is 0.310 e. The Hall–Kier alpha value is -5.60. The van der Waals surface area contributed by atoms with Crippen LogP contribution < -0.4 is 4.90 Å². The second-order valence-corrected chi connectivity index (χ2v) is 14.0. The third kappa shape index (κ3) is 4.85. The average Bonchev–Trinajstić information content (AvgIpc) is 3.51. The van der Waals surface area contributed by atoms with Gasteiger partial charge in [-0.05, 0) is 93.0 Å². The van der Waals surface area contributed by atoms with Gasteiger partial charge < -0.3 is 9.47 Å². The Labute approximate surface area is 296 Å². The van der Waals surface area contributed by atoms with Crippen molar-refractivity contribution in [3.8, 4) is 16.8 Å². The van der Waals surface area contributed by atoms with Gasteiger partial charge in [-0.25, -0.2) is 0 Å².